The van der Waals surface area contributed by atoms with E-state index in [0.29, 0.717) is 0 Å². The number of fused-ring (bicyclic) bond motifs is 1. The van der Waals surface area contributed by atoms with E-state index in [1.807, 2.05) is 32.0 Å². The molecule has 2 heterocycles. The minimum Gasteiger partial charge on any atom is -0.508 e. The van der Waals surface area contributed by atoms with Crippen molar-refractivity contribution in [3.05, 3.63) is 64.6 Å². The van der Waals surface area contributed by atoms with E-state index in [0.717, 1.165) is 40.9 Å². The summed E-state index contributed by atoms with van der Waals surface area (Å²) in [7, 11) is 0. The number of phenolic OH excluding ortho intramolecular Hbond substituents is 2. The van der Waals surface area contributed by atoms with Gasteiger partial charge in [0.25, 0.3) is 5.91 Å². The third-order valence-electron chi connectivity index (χ3n) is 5.26. The molecule has 2 aromatic carbocycles. The molecule has 0 aliphatic carbocycles. The normalized spacial score (nSPS) is 15.8. The number of carbonyl (C=O) groups excluding carboxylic acids is 1. The zero-order valence-corrected chi connectivity index (χ0v) is 16.8. The number of nitrogens with zero attached hydrogens (tertiary/aromatic N) is 3. The van der Waals surface area contributed by atoms with Gasteiger partial charge in [-0.15, -0.1) is 0 Å². The largest absolute Gasteiger partial charge is 0.508 e. The van der Waals surface area contributed by atoms with E-state index < -0.39 is 0 Å². The molecule has 7 heteroatoms. The minimum atomic E-state index is -0.301. The highest BCUT2D eigenvalue weighted by Crippen LogP contribution is 2.36. The maximum Gasteiger partial charge on any atom is 0.262 e. The van der Waals surface area contributed by atoms with Crippen LogP contribution < -0.4 is 4.90 Å². The molecule has 1 aliphatic heterocycles. The number of benzene rings is 2. The third kappa shape index (κ3) is 3.51. The number of amides is 1. The molecule has 0 spiro atoms. The van der Waals surface area contributed by atoms with Crippen molar-refractivity contribution in [1.82, 2.24) is 9.97 Å². The highest BCUT2D eigenvalue weighted by Gasteiger charge is 2.30. The molecule has 6 nitrogen and oxygen atoms in total. The molecule has 29 heavy (non-hydrogen) atoms. The Hall–Kier alpha value is -3.12. The monoisotopic (exact) mass is 409 g/mol. The van der Waals surface area contributed by atoms with E-state index in [2.05, 4.69) is 9.97 Å². The lowest BCUT2D eigenvalue weighted by atomic mass is 9.93. The van der Waals surface area contributed by atoms with Crippen LogP contribution in [0.4, 0.5) is 5.69 Å². The third-order valence-corrected chi connectivity index (χ3v) is 5.44. The summed E-state index contributed by atoms with van der Waals surface area (Å²) in [5, 5.41) is 19.8. The second-order valence-corrected chi connectivity index (χ2v) is 7.62. The first kappa shape index (κ1) is 19.2. The molecule has 0 saturated heterocycles. The molecule has 1 amide bonds. The number of rotatable bonds is 2. The van der Waals surface area contributed by atoms with Gasteiger partial charge >= 0.3 is 0 Å². The first-order valence-electron chi connectivity index (χ1n) is 9.33. The number of carbonyl (C=O) groups is 1. The van der Waals surface area contributed by atoms with Crippen molar-refractivity contribution in [2.45, 2.75) is 32.7 Å². The fourth-order valence-corrected chi connectivity index (χ4v) is 3.89. The van der Waals surface area contributed by atoms with Crippen LogP contribution in [0.5, 0.6) is 11.5 Å². The molecular formula is C22H20ClN3O3. The van der Waals surface area contributed by atoms with Crippen molar-refractivity contribution >= 4 is 23.2 Å². The lowest BCUT2D eigenvalue weighted by molar-refractivity contribution is 0.0972. The molecule has 1 aliphatic rings. The fraction of sp³-hybridized carbons (Fsp3) is 0.227. The lowest BCUT2D eigenvalue weighted by Crippen LogP contribution is -2.42. The molecule has 1 atom stereocenters. The Balaban J connectivity index is 1.76. The number of aromatic hydroxyl groups is 2. The lowest BCUT2D eigenvalue weighted by Gasteiger charge is -2.35. The number of hydrogen-bond donors (Lipinski definition) is 2. The van der Waals surface area contributed by atoms with Gasteiger partial charge in [-0.2, -0.15) is 0 Å². The summed E-state index contributed by atoms with van der Waals surface area (Å²) in [6, 6.07) is 9.84. The maximum absolute atomic E-state index is 13.2. The zero-order valence-electron chi connectivity index (χ0n) is 16.1. The van der Waals surface area contributed by atoms with Crippen LogP contribution in [0, 0.1) is 6.92 Å². The van der Waals surface area contributed by atoms with Crippen LogP contribution in [0.3, 0.4) is 0 Å². The van der Waals surface area contributed by atoms with Crippen molar-refractivity contribution < 1.29 is 15.0 Å². The zero-order chi connectivity index (χ0) is 20.7. The number of anilines is 1. The molecule has 0 bridgehead atoms. The standard InChI is InChI=1S/C22H20ClN3O3/c1-12-11-24-22(23)25-20(12)15-5-8-18-14(9-15)4-3-13(2)26(18)21(29)17-7-6-16(27)10-19(17)28/h5-11,13,27-28H,3-4H2,1-2H3/t13-/m1/s1. The van der Waals surface area contributed by atoms with E-state index >= 15 is 0 Å². The van der Waals surface area contributed by atoms with Gasteiger partial charge in [0.1, 0.15) is 11.5 Å². The molecule has 0 fully saturated rings. The van der Waals surface area contributed by atoms with Gasteiger partial charge in [-0.05, 0) is 73.7 Å². The first-order valence-corrected chi connectivity index (χ1v) is 9.71. The Bertz CT molecular complexity index is 1120. The van der Waals surface area contributed by atoms with E-state index in [-0.39, 0.29) is 34.3 Å². The van der Waals surface area contributed by atoms with Gasteiger partial charge in [0.05, 0.1) is 11.3 Å². The van der Waals surface area contributed by atoms with Crippen LogP contribution in [0.1, 0.15) is 34.8 Å². The Labute approximate surface area is 173 Å². The molecular weight excluding hydrogens is 390 g/mol. The summed E-state index contributed by atoms with van der Waals surface area (Å²) in [5.41, 5.74) is 4.59. The molecule has 1 aromatic heterocycles. The topological polar surface area (TPSA) is 86.6 Å². The van der Waals surface area contributed by atoms with Gasteiger partial charge < -0.3 is 15.1 Å². The predicted molar refractivity (Wildman–Crippen MR) is 112 cm³/mol. The quantitative estimate of drug-likeness (QED) is 0.608. The molecule has 0 saturated carbocycles. The Morgan fingerprint density at radius 3 is 2.76 bits per heavy atom. The fourth-order valence-electron chi connectivity index (χ4n) is 3.75. The van der Waals surface area contributed by atoms with Gasteiger partial charge in [0.2, 0.25) is 5.28 Å². The highest BCUT2D eigenvalue weighted by atomic mass is 35.5. The summed E-state index contributed by atoms with van der Waals surface area (Å²) in [6.45, 7) is 3.91. The van der Waals surface area contributed by atoms with Gasteiger partial charge in [-0.1, -0.05) is 6.07 Å². The summed E-state index contributed by atoms with van der Waals surface area (Å²) < 4.78 is 0. The van der Waals surface area contributed by atoms with Crippen molar-refractivity contribution in [3.63, 3.8) is 0 Å². The summed E-state index contributed by atoms with van der Waals surface area (Å²) in [5.74, 6) is -0.628. The van der Waals surface area contributed by atoms with E-state index in [9.17, 15) is 15.0 Å². The second-order valence-electron chi connectivity index (χ2n) is 7.28. The smallest absolute Gasteiger partial charge is 0.262 e. The number of aromatic nitrogens is 2. The predicted octanol–water partition coefficient (Wildman–Crippen LogP) is 4.50. The number of aryl methyl sites for hydroxylation is 2. The molecule has 4 rings (SSSR count). The second kappa shape index (κ2) is 7.37. The van der Waals surface area contributed by atoms with Gasteiger partial charge in [0, 0.05) is 29.6 Å². The summed E-state index contributed by atoms with van der Waals surface area (Å²) in [4.78, 5) is 23.3. The van der Waals surface area contributed by atoms with Crippen LogP contribution >= 0.6 is 11.6 Å². The summed E-state index contributed by atoms with van der Waals surface area (Å²) in [6.07, 6.45) is 3.31. The van der Waals surface area contributed by atoms with Crippen molar-refractivity contribution in [3.8, 4) is 22.8 Å². The molecule has 2 N–H and O–H groups in total. The summed E-state index contributed by atoms with van der Waals surface area (Å²) >= 11 is 5.97. The van der Waals surface area contributed by atoms with Crippen LogP contribution in [0.15, 0.2) is 42.6 Å². The van der Waals surface area contributed by atoms with E-state index in [1.165, 1.54) is 18.2 Å². The van der Waals surface area contributed by atoms with Crippen molar-refractivity contribution in [2.75, 3.05) is 4.90 Å². The van der Waals surface area contributed by atoms with E-state index in [1.54, 1.807) is 11.1 Å². The number of halogens is 1. The molecule has 0 unspecified atom stereocenters. The van der Waals surface area contributed by atoms with Crippen molar-refractivity contribution in [2.24, 2.45) is 0 Å². The highest BCUT2D eigenvalue weighted by molar-refractivity contribution is 6.28. The SMILES string of the molecule is Cc1cnc(Cl)nc1-c1ccc2c(c1)CC[C@@H](C)N2C(=O)c1ccc(O)cc1O. The Morgan fingerprint density at radius 2 is 2.00 bits per heavy atom. The maximum atomic E-state index is 13.2. The molecule has 0 radical (unpaired) electrons. The van der Waals surface area contributed by atoms with Crippen LogP contribution in [-0.2, 0) is 6.42 Å². The Kier molecular flexibility index (Phi) is 4.88. The molecule has 3 aromatic rings. The Morgan fingerprint density at radius 1 is 1.21 bits per heavy atom. The van der Waals surface area contributed by atoms with Gasteiger partial charge in [-0.25, -0.2) is 9.97 Å². The van der Waals surface area contributed by atoms with Crippen LogP contribution in [0.25, 0.3) is 11.3 Å². The number of phenols is 2. The van der Waals surface area contributed by atoms with E-state index in [4.69, 9.17) is 11.6 Å². The van der Waals surface area contributed by atoms with Crippen LogP contribution in [-0.4, -0.2) is 32.1 Å². The van der Waals surface area contributed by atoms with Gasteiger partial charge in [-0.3, -0.25) is 4.79 Å². The average Bonchev–Trinajstić information content (AvgIpc) is 2.69. The van der Waals surface area contributed by atoms with Crippen molar-refractivity contribution in [1.29, 1.82) is 0 Å². The molecule has 148 valence electrons. The average molecular weight is 410 g/mol. The van der Waals surface area contributed by atoms with Gasteiger partial charge in [0.15, 0.2) is 0 Å². The minimum absolute atomic E-state index is 0.0238. The van der Waals surface area contributed by atoms with Crippen LogP contribution in [0.2, 0.25) is 5.28 Å². The first-order chi connectivity index (χ1) is 13.8. The number of hydrogen-bond acceptors (Lipinski definition) is 5.